The Morgan fingerprint density at radius 2 is 1.77 bits per heavy atom. The Labute approximate surface area is 232 Å². The molecule has 0 heterocycles. The van der Waals surface area contributed by atoms with Crippen LogP contribution in [0.3, 0.4) is 0 Å². The van der Waals surface area contributed by atoms with Gasteiger partial charge in [0.15, 0.2) is 23.7 Å². The number of fused-ring (bicyclic) bond motifs is 5. The predicted molar refractivity (Wildman–Crippen MR) is 137 cm³/mol. The number of allylic oxidation sites excluding steroid dienone is 4. The third-order valence-electron chi connectivity index (χ3n) is 9.83. The van der Waals surface area contributed by atoms with E-state index in [1.165, 1.54) is 19.1 Å². The van der Waals surface area contributed by atoms with Gasteiger partial charge < -0.3 is 24.1 Å². The first-order chi connectivity index (χ1) is 18.7. The highest BCUT2D eigenvalue weighted by molar-refractivity contribution is 6.01. The van der Waals surface area contributed by atoms with E-state index < -0.39 is 82.6 Å². The van der Waals surface area contributed by atoms with Crippen LogP contribution in [-0.2, 0) is 28.5 Å². The van der Waals surface area contributed by atoms with Gasteiger partial charge in [-0.3, -0.25) is 9.59 Å². The highest BCUT2D eigenvalue weighted by Gasteiger charge is 2.78. The molecular weight excluding hydrogens is 530 g/mol. The van der Waals surface area contributed by atoms with Gasteiger partial charge in [-0.1, -0.05) is 26.8 Å². The zero-order valence-corrected chi connectivity index (χ0v) is 23.5. The summed E-state index contributed by atoms with van der Waals surface area (Å²) in [5.41, 5.74) is -7.34. The largest absolute Gasteiger partial charge is 0.509 e. The van der Waals surface area contributed by atoms with Gasteiger partial charge in [0.1, 0.15) is 6.17 Å². The second-order valence-electron chi connectivity index (χ2n) is 11.8. The van der Waals surface area contributed by atoms with E-state index in [9.17, 15) is 24.3 Å². The van der Waals surface area contributed by atoms with Gasteiger partial charge in [-0.2, -0.15) is 0 Å². The van der Waals surface area contributed by atoms with Crippen molar-refractivity contribution in [2.45, 2.75) is 83.8 Å². The summed E-state index contributed by atoms with van der Waals surface area (Å²) in [6.45, 7) is 7.35. The van der Waals surface area contributed by atoms with Crippen LogP contribution in [0.2, 0.25) is 0 Å². The predicted octanol–water partition coefficient (Wildman–Crippen LogP) is 4.60. The Bertz CT molecular complexity index is 1140. The van der Waals surface area contributed by atoms with Gasteiger partial charge in [-0.15, -0.1) is 0 Å². The fourth-order valence-electron chi connectivity index (χ4n) is 8.13. The lowest BCUT2D eigenvalue weighted by atomic mass is 9.44. The van der Waals surface area contributed by atoms with Gasteiger partial charge >= 0.3 is 12.3 Å². The maximum atomic E-state index is 17.5. The third-order valence-corrected chi connectivity index (χ3v) is 9.83. The molecule has 4 aliphatic carbocycles. The molecule has 0 aliphatic heterocycles. The monoisotopic (exact) mass is 568 g/mol. The number of aliphatic hydroxyl groups is 1. The maximum Gasteiger partial charge on any atom is 0.509 e. The molecule has 1 N–H and O–H groups in total. The van der Waals surface area contributed by atoms with E-state index in [2.05, 4.69) is 0 Å². The summed E-state index contributed by atoms with van der Waals surface area (Å²) in [5, 5.41) is 11.6. The molecule has 4 rings (SSSR count). The van der Waals surface area contributed by atoms with E-state index in [0.29, 0.717) is 6.42 Å². The van der Waals surface area contributed by atoms with Gasteiger partial charge in [-0.25, -0.2) is 18.4 Å². The number of ketones is 2. The number of rotatable bonds is 7. The average molecular weight is 569 g/mol. The van der Waals surface area contributed by atoms with Crippen molar-refractivity contribution in [2.75, 3.05) is 19.8 Å². The van der Waals surface area contributed by atoms with Crippen LogP contribution in [0.4, 0.5) is 18.4 Å². The van der Waals surface area contributed by atoms with Crippen LogP contribution in [0.1, 0.15) is 60.3 Å². The number of hydrogen-bond acceptors (Lipinski definition) is 9. The van der Waals surface area contributed by atoms with Crippen LogP contribution in [0.15, 0.2) is 23.8 Å². The van der Waals surface area contributed by atoms with Crippen molar-refractivity contribution < 1.29 is 52.0 Å². The standard InChI is InChI=1S/C29H38F2O9/c1-6-10-38-24(35)39-15-23(34)29(40-25(36)37-7-2)16(3)11-18-19-13-21(30)20-12-17(32)8-9-26(20,4)28(19,31)22(33)14-27(18,29)5/h8-9,12,16,18-19,21-22,33H,6-7,10-11,13-15H2,1-5H3/t16-,18+,19+,21+,22+,26+,27+,28+,29+/m1/s1. The molecule has 9 atom stereocenters. The first kappa shape index (κ1) is 30.1. The Morgan fingerprint density at radius 1 is 1.07 bits per heavy atom. The van der Waals surface area contributed by atoms with E-state index in [1.54, 1.807) is 27.7 Å². The van der Waals surface area contributed by atoms with Crippen molar-refractivity contribution in [3.05, 3.63) is 23.8 Å². The van der Waals surface area contributed by atoms with Gasteiger partial charge in [0.05, 0.1) is 19.3 Å². The average Bonchev–Trinajstić information content (AvgIpc) is 3.11. The normalized spacial score (nSPS) is 41.6. The minimum atomic E-state index is -2.37. The minimum Gasteiger partial charge on any atom is -0.435 e. The molecule has 0 aromatic carbocycles. The van der Waals surface area contributed by atoms with E-state index in [-0.39, 0.29) is 38.0 Å². The Hall–Kier alpha value is -2.82. The molecule has 0 unspecified atom stereocenters. The van der Waals surface area contributed by atoms with E-state index in [1.807, 2.05) is 0 Å². The van der Waals surface area contributed by atoms with Crippen molar-refractivity contribution in [3.63, 3.8) is 0 Å². The minimum absolute atomic E-state index is 0.0171. The fraction of sp³-hybridized carbons (Fsp3) is 0.724. The second kappa shape index (κ2) is 10.5. The molecule has 0 bridgehead atoms. The van der Waals surface area contributed by atoms with Crippen LogP contribution in [0.25, 0.3) is 0 Å². The lowest BCUT2D eigenvalue weighted by molar-refractivity contribution is -0.226. The van der Waals surface area contributed by atoms with Crippen LogP contribution in [-0.4, -0.2) is 72.3 Å². The van der Waals surface area contributed by atoms with Crippen molar-refractivity contribution in [1.82, 2.24) is 0 Å². The molecule has 40 heavy (non-hydrogen) atoms. The molecule has 4 aliphatic rings. The smallest absolute Gasteiger partial charge is 0.435 e. The number of halogens is 2. The lowest BCUT2D eigenvalue weighted by Crippen LogP contribution is -2.71. The number of Topliss-reactive ketones (excluding diaryl/α,β-unsaturated/α-hetero) is 1. The highest BCUT2D eigenvalue weighted by Crippen LogP contribution is 2.71. The van der Waals surface area contributed by atoms with Gasteiger partial charge in [0.25, 0.3) is 0 Å². The summed E-state index contributed by atoms with van der Waals surface area (Å²) in [6, 6.07) is 0. The van der Waals surface area contributed by atoms with Crippen molar-refractivity contribution in [1.29, 1.82) is 0 Å². The van der Waals surface area contributed by atoms with Crippen molar-refractivity contribution in [2.24, 2.45) is 28.6 Å². The molecule has 0 saturated heterocycles. The van der Waals surface area contributed by atoms with Crippen molar-refractivity contribution in [3.8, 4) is 0 Å². The van der Waals surface area contributed by atoms with E-state index in [0.717, 1.165) is 6.08 Å². The number of carbonyl (C=O) groups is 4. The molecule has 11 heteroatoms. The topological polar surface area (TPSA) is 125 Å². The summed E-state index contributed by atoms with van der Waals surface area (Å²) in [5.74, 6) is -3.76. The molecule has 0 aromatic heterocycles. The quantitative estimate of drug-likeness (QED) is 0.439. The molecule has 0 radical (unpaired) electrons. The number of alkyl halides is 2. The van der Waals surface area contributed by atoms with Gasteiger partial charge in [0, 0.05) is 22.7 Å². The molecule has 0 aromatic rings. The second-order valence-corrected chi connectivity index (χ2v) is 11.8. The molecular formula is C29H38F2O9. The van der Waals surface area contributed by atoms with Crippen molar-refractivity contribution >= 4 is 23.9 Å². The fourth-order valence-corrected chi connectivity index (χ4v) is 8.13. The van der Waals surface area contributed by atoms with E-state index >= 15 is 8.78 Å². The zero-order valence-electron chi connectivity index (χ0n) is 23.5. The first-order valence-electron chi connectivity index (χ1n) is 13.9. The van der Waals surface area contributed by atoms with E-state index in [4.69, 9.17) is 18.9 Å². The van der Waals surface area contributed by atoms with Crippen LogP contribution >= 0.6 is 0 Å². The molecule has 9 nitrogen and oxygen atoms in total. The number of ether oxygens (including phenoxy) is 4. The van der Waals surface area contributed by atoms with Crippen LogP contribution in [0.5, 0.6) is 0 Å². The van der Waals surface area contributed by atoms with Gasteiger partial charge in [0.2, 0.25) is 5.78 Å². The SMILES string of the molecule is CCCOC(=O)OCC(=O)[C@@]1(OC(=O)OCC)[C@H](C)C[C@H]2[C@@H]3C[C@H](F)C4=CC(=O)C=C[C@]4(C)[C@@]3(F)[C@@H](O)C[C@@]21C. The molecule has 0 spiro atoms. The van der Waals surface area contributed by atoms with Crippen LogP contribution < -0.4 is 0 Å². The summed E-state index contributed by atoms with van der Waals surface area (Å²) in [7, 11) is 0. The number of carbonyl (C=O) groups excluding carboxylic acids is 4. The maximum absolute atomic E-state index is 17.5. The lowest BCUT2D eigenvalue weighted by Gasteiger charge is -2.63. The Balaban J connectivity index is 1.77. The Morgan fingerprint density at radius 3 is 2.42 bits per heavy atom. The third kappa shape index (κ3) is 4.18. The van der Waals surface area contributed by atoms with Crippen LogP contribution in [0, 0.1) is 28.6 Å². The summed E-state index contributed by atoms with van der Waals surface area (Å²) in [6.07, 6.45) is -1.91. The Kier molecular flexibility index (Phi) is 7.94. The number of hydrogen-bond donors (Lipinski definition) is 1. The molecule has 3 fully saturated rings. The summed E-state index contributed by atoms with van der Waals surface area (Å²) < 4.78 is 53.9. The molecule has 3 saturated carbocycles. The zero-order chi connectivity index (χ0) is 29.7. The summed E-state index contributed by atoms with van der Waals surface area (Å²) in [4.78, 5) is 50.7. The molecule has 222 valence electrons. The van der Waals surface area contributed by atoms with Gasteiger partial charge in [-0.05, 0) is 63.2 Å². The summed E-state index contributed by atoms with van der Waals surface area (Å²) >= 11 is 0. The molecule has 0 amide bonds. The first-order valence-corrected chi connectivity index (χ1v) is 13.9. The highest BCUT2D eigenvalue weighted by atomic mass is 19.1. The number of aliphatic hydroxyl groups excluding tert-OH is 1.